The van der Waals surface area contributed by atoms with Crippen molar-refractivity contribution in [3.05, 3.63) is 0 Å². The molecule has 0 aromatic carbocycles. The molecule has 0 N–H and O–H groups in total. The first-order valence-corrected chi connectivity index (χ1v) is 7.99. The van der Waals surface area contributed by atoms with Crippen molar-refractivity contribution in [3.8, 4) is 6.07 Å². The van der Waals surface area contributed by atoms with Crippen LogP contribution in [0.4, 0.5) is 0 Å². The molecule has 0 spiro atoms. The van der Waals surface area contributed by atoms with Gasteiger partial charge in [0.2, 0.25) is 0 Å². The predicted octanol–water partition coefficient (Wildman–Crippen LogP) is 2.73. The monoisotopic (exact) mass is 263 g/mol. The molecule has 108 valence electrons. The van der Waals surface area contributed by atoms with Crippen LogP contribution in [0.2, 0.25) is 0 Å². The summed E-state index contributed by atoms with van der Waals surface area (Å²) < 4.78 is 0. The fourth-order valence-corrected chi connectivity index (χ4v) is 3.97. The zero-order chi connectivity index (χ0) is 13.8. The highest BCUT2D eigenvalue weighted by Crippen LogP contribution is 2.32. The Hall–Kier alpha value is -0.590. The third kappa shape index (κ3) is 3.49. The van der Waals surface area contributed by atoms with Crippen LogP contribution >= 0.6 is 0 Å². The highest BCUT2D eigenvalue weighted by Gasteiger charge is 2.33. The van der Waals surface area contributed by atoms with Gasteiger partial charge in [-0.2, -0.15) is 5.26 Å². The molecule has 2 rings (SSSR count). The Morgan fingerprint density at radius 1 is 1.32 bits per heavy atom. The fourth-order valence-electron chi connectivity index (χ4n) is 3.97. The number of hydrogen-bond acceptors (Lipinski definition) is 3. The number of likely N-dealkylation sites (N-methyl/N-ethyl adjacent to an activating group) is 2. The maximum Gasteiger partial charge on any atom is 0.0672 e. The van der Waals surface area contributed by atoms with Gasteiger partial charge >= 0.3 is 0 Å². The number of hydrogen-bond donors (Lipinski definition) is 0. The van der Waals surface area contributed by atoms with Gasteiger partial charge in [-0.25, -0.2) is 0 Å². The van der Waals surface area contributed by atoms with E-state index in [0.29, 0.717) is 12.1 Å². The normalized spacial score (nSPS) is 36.6. The summed E-state index contributed by atoms with van der Waals surface area (Å²) >= 11 is 0. The van der Waals surface area contributed by atoms with Crippen LogP contribution < -0.4 is 0 Å². The van der Waals surface area contributed by atoms with Crippen LogP contribution in [0.3, 0.4) is 0 Å². The van der Waals surface area contributed by atoms with E-state index in [4.69, 9.17) is 0 Å². The van der Waals surface area contributed by atoms with E-state index in [1.807, 2.05) is 0 Å². The average Bonchev–Trinajstić information content (AvgIpc) is 2.85. The van der Waals surface area contributed by atoms with Crippen molar-refractivity contribution < 1.29 is 0 Å². The van der Waals surface area contributed by atoms with Gasteiger partial charge in [0.05, 0.1) is 12.0 Å². The minimum atomic E-state index is 0.248. The minimum absolute atomic E-state index is 0.248. The fraction of sp³-hybridized carbons (Fsp3) is 0.938. The summed E-state index contributed by atoms with van der Waals surface area (Å²) in [7, 11) is 2.24. The zero-order valence-electron chi connectivity index (χ0n) is 12.8. The summed E-state index contributed by atoms with van der Waals surface area (Å²) in [5.74, 6) is 1.03. The van der Waals surface area contributed by atoms with Crippen molar-refractivity contribution >= 4 is 0 Å². The molecule has 3 heteroatoms. The molecule has 4 unspecified atom stereocenters. The molecule has 1 saturated heterocycles. The third-order valence-corrected chi connectivity index (χ3v) is 5.21. The third-order valence-electron chi connectivity index (χ3n) is 5.21. The van der Waals surface area contributed by atoms with E-state index in [9.17, 15) is 5.26 Å². The Kier molecular flexibility index (Phi) is 5.24. The Bertz CT molecular complexity index is 322. The zero-order valence-corrected chi connectivity index (χ0v) is 12.8. The molecule has 3 nitrogen and oxygen atoms in total. The van der Waals surface area contributed by atoms with Gasteiger partial charge in [0, 0.05) is 18.6 Å². The van der Waals surface area contributed by atoms with E-state index in [2.05, 4.69) is 36.8 Å². The lowest BCUT2D eigenvalue weighted by Gasteiger charge is -2.39. The summed E-state index contributed by atoms with van der Waals surface area (Å²) in [6.07, 6.45) is 6.20. The molecule has 4 atom stereocenters. The Labute approximate surface area is 118 Å². The van der Waals surface area contributed by atoms with Crippen molar-refractivity contribution in [2.75, 3.05) is 26.7 Å². The number of nitriles is 1. The lowest BCUT2D eigenvalue weighted by Crippen LogP contribution is -2.47. The first-order valence-electron chi connectivity index (χ1n) is 7.99. The molecule has 1 aliphatic carbocycles. The molecule has 2 aliphatic rings. The second kappa shape index (κ2) is 6.72. The average molecular weight is 263 g/mol. The molecule has 2 fully saturated rings. The molecule has 0 bridgehead atoms. The lowest BCUT2D eigenvalue weighted by atomic mass is 9.79. The van der Waals surface area contributed by atoms with Crippen LogP contribution in [0, 0.1) is 23.2 Å². The Morgan fingerprint density at radius 3 is 2.79 bits per heavy atom. The highest BCUT2D eigenvalue weighted by molar-refractivity contribution is 4.97. The van der Waals surface area contributed by atoms with E-state index in [1.165, 1.54) is 38.8 Å². The molecule has 1 aliphatic heterocycles. The molecule has 0 amide bonds. The number of rotatable bonds is 4. The molecule has 0 aromatic rings. The molecule has 1 heterocycles. The van der Waals surface area contributed by atoms with Crippen LogP contribution in [0.15, 0.2) is 0 Å². The van der Waals surface area contributed by atoms with Gasteiger partial charge in [0.1, 0.15) is 0 Å². The van der Waals surface area contributed by atoms with E-state index >= 15 is 0 Å². The summed E-state index contributed by atoms with van der Waals surface area (Å²) in [4.78, 5) is 5.09. The number of nitrogens with zero attached hydrogens (tertiary/aromatic N) is 3. The standard InChI is InChI=1S/C16H29N3/c1-4-19-9-5-6-15(19)12-18(3)16-10-13(2)7-8-14(16)11-17/h13-16H,4-10,12H2,1-3H3. The van der Waals surface area contributed by atoms with Gasteiger partial charge in [-0.1, -0.05) is 13.8 Å². The largest absolute Gasteiger partial charge is 0.301 e. The van der Waals surface area contributed by atoms with Gasteiger partial charge in [-0.15, -0.1) is 0 Å². The SMILES string of the molecule is CCN1CCCC1CN(C)C1CC(C)CCC1C#N. The van der Waals surface area contributed by atoms with Gasteiger partial charge < -0.3 is 4.90 Å². The molecule has 0 aromatic heterocycles. The molecule has 19 heavy (non-hydrogen) atoms. The lowest BCUT2D eigenvalue weighted by molar-refractivity contribution is 0.101. The van der Waals surface area contributed by atoms with Crippen molar-refractivity contribution in [2.24, 2.45) is 11.8 Å². The highest BCUT2D eigenvalue weighted by atomic mass is 15.2. The van der Waals surface area contributed by atoms with Gasteiger partial charge in [0.15, 0.2) is 0 Å². The topological polar surface area (TPSA) is 30.3 Å². The van der Waals surface area contributed by atoms with E-state index in [1.54, 1.807) is 0 Å². The summed E-state index contributed by atoms with van der Waals surface area (Å²) in [6.45, 7) is 8.17. The molecule has 1 saturated carbocycles. The van der Waals surface area contributed by atoms with Crippen molar-refractivity contribution in [1.82, 2.24) is 9.80 Å². The van der Waals surface area contributed by atoms with Gasteiger partial charge in [-0.05, 0) is 58.2 Å². The first kappa shape index (κ1) is 14.8. The maximum absolute atomic E-state index is 9.37. The number of likely N-dealkylation sites (tertiary alicyclic amines) is 1. The van der Waals surface area contributed by atoms with Gasteiger partial charge in [-0.3, -0.25) is 4.90 Å². The summed E-state index contributed by atoms with van der Waals surface area (Å²) in [5.41, 5.74) is 0. The van der Waals surface area contributed by atoms with Crippen LogP contribution in [0.25, 0.3) is 0 Å². The second-order valence-corrected chi connectivity index (χ2v) is 6.59. The first-order chi connectivity index (χ1) is 9.15. The molecule has 0 radical (unpaired) electrons. The van der Waals surface area contributed by atoms with E-state index in [0.717, 1.165) is 18.9 Å². The van der Waals surface area contributed by atoms with Crippen molar-refractivity contribution in [2.45, 2.75) is 58.0 Å². The minimum Gasteiger partial charge on any atom is -0.301 e. The van der Waals surface area contributed by atoms with Crippen molar-refractivity contribution in [3.63, 3.8) is 0 Å². The Morgan fingerprint density at radius 2 is 2.11 bits per heavy atom. The maximum atomic E-state index is 9.37. The Balaban J connectivity index is 1.93. The van der Waals surface area contributed by atoms with E-state index in [-0.39, 0.29) is 5.92 Å². The summed E-state index contributed by atoms with van der Waals surface area (Å²) in [6, 6.07) is 3.74. The summed E-state index contributed by atoms with van der Waals surface area (Å²) in [5, 5.41) is 9.37. The van der Waals surface area contributed by atoms with Crippen LogP contribution in [0.1, 0.15) is 46.0 Å². The predicted molar refractivity (Wildman–Crippen MR) is 78.8 cm³/mol. The van der Waals surface area contributed by atoms with Crippen LogP contribution in [-0.4, -0.2) is 48.6 Å². The van der Waals surface area contributed by atoms with Crippen LogP contribution in [0.5, 0.6) is 0 Å². The van der Waals surface area contributed by atoms with Crippen molar-refractivity contribution in [1.29, 1.82) is 5.26 Å². The smallest absolute Gasteiger partial charge is 0.0672 e. The quantitative estimate of drug-likeness (QED) is 0.781. The van der Waals surface area contributed by atoms with Gasteiger partial charge in [0.25, 0.3) is 0 Å². The molecular weight excluding hydrogens is 234 g/mol. The second-order valence-electron chi connectivity index (χ2n) is 6.59. The molecular formula is C16H29N3. The van der Waals surface area contributed by atoms with Crippen LogP contribution in [-0.2, 0) is 0 Å². The van der Waals surface area contributed by atoms with E-state index < -0.39 is 0 Å².